The highest BCUT2D eigenvalue weighted by Gasteiger charge is 2.22. The van der Waals surface area contributed by atoms with Crippen molar-refractivity contribution in [3.05, 3.63) is 0 Å². The third kappa shape index (κ3) is 3.00. The van der Waals surface area contributed by atoms with Crippen LogP contribution in [0, 0.1) is 0 Å². The molecule has 2 heteroatoms. The third-order valence-corrected chi connectivity index (χ3v) is 2.66. The van der Waals surface area contributed by atoms with E-state index in [2.05, 4.69) is 6.92 Å². The number of hydrogen-bond acceptors (Lipinski definition) is 1. The highest BCUT2D eigenvalue weighted by molar-refractivity contribution is 6.21. The summed E-state index contributed by atoms with van der Waals surface area (Å²) in [6, 6.07) is 0. The number of alkyl halides is 1. The predicted molar refractivity (Wildman–Crippen MR) is 48.1 cm³/mol. The van der Waals surface area contributed by atoms with Crippen LogP contribution in [0.2, 0.25) is 0 Å². The second-order valence-electron chi connectivity index (χ2n) is 3.21. The minimum atomic E-state index is 0.273. The molecule has 66 valence electrons. The number of ether oxygens (including phenoxy) is 1. The Labute approximate surface area is 74.1 Å². The van der Waals surface area contributed by atoms with Gasteiger partial charge in [0.15, 0.2) is 0 Å². The second kappa shape index (κ2) is 5.00. The minimum absolute atomic E-state index is 0.273. The molecule has 0 amide bonds. The largest absolute Gasteiger partial charge is 0.377 e. The van der Waals surface area contributed by atoms with E-state index in [1.54, 1.807) is 0 Å². The SMILES string of the molecule is CCCO[C@H]1CCCC[C@@H]1Cl. The molecule has 1 aliphatic carbocycles. The maximum atomic E-state index is 6.09. The summed E-state index contributed by atoms with van der Waals surface area (Å²) in [7, 11) is 0. The average molecular weight is 177 g/mol. The molecule has 1 aliphatic rings. The molecule has 0 radical (unpaired) electrons. The minimum Gasteiger partial charge on any atom is -0.377 e. The van der Waals surface area contributed by atoms with Gasteiger partial charge in [0.25, 0.3) is 0 Å². The fourth-order valence-corrected chi connectivity index (χ4v) is 1.86. The van der Waals surface area contributed by atoms with Crippen molar-refractivity contribution in [3.63, 3.8) is 0 Å². The molecule has 1 fully saturated rings. The maximum absolute atomic E-state index is 6.09. The molecule has 0 bridgehead atoms. The Kier molecular flexibility index (Phi) is 4.24. The summed E-state index contributed by atoms with van der Waals surface area (Å²) in [6.07, 6.45) is 6.30. The summed E-state index contributed by atoms with van der Waals surface area (Å²) in [6.45, 7) is 3.00. The van der Waals surface area contributed by atoms with Gasteiger partial charge in [0.2, 0.25) is 0 Å². The normalized spacial score (nSPS) is 32.2. The molecule has 1 saturated carbocycles. The Morgan fingerprint density at radius 2 is 2.09 bits per heavy atom. The molecule has 1 rings (SSSR count). The first-order valence-corrected chi connectivity index (χ1v) is 5.04. The van der Waals surface area contributed by atoms with E-state index >= 15 is 0 Å². The van der Waals surface area contributed by atoms with Crippen LogP contribution in [0.5, 0.6) is 0 Å². The molecule has 0 N–H and O–H groups in total. The number of rotatable bonds is 3. The van der Waals surface area contributed by atoms with Gasteiger partial charge in [-0.3, -0.25) is 0 Å². The van der Waals surface area contributed by atoms with Crippen LogP contribution in [0.15, 0.2) is 0 Å². The highest BCUT2D eigenvalue weighted by Crippen LogP contribution is 2.25. The average Bonchev–Trinajstić information content (AvgIpc) is 2.03. The van der Waals surface area contributed by atoms with Crippen molar-refractivity contribution in [1.82, 2.24) is 0 Å². The maximum Gasteiger partial charge on any atom is 0.0738 e. The summed E-state index contributed by atoms with van der Waals surface area (Å²) < 4.78 is 5.61. The van der Waals surface area contributed by atoms with Crippen LogP contribution in [0.3, 0.4) is 0 Å². The Bertz CT molecular complexity index is 106. The van der Waals surface area contributed by atoms with E-state index in [1.807, 2.05) is 0 Å². The summed E-state index contributed by atoms with van der Waals surface area (Å²) in [5.74, 6) is 0. The Morgan fingerprint density at radius 1 is 1.36 bits per heavy atom. The van der Waals surface area contributed by atoms with Crippen molar-refractivity contribution >= 4 is 11.6 Å². The summed E-state index contributed by atoms with van der Waals surface area (Å²) in [4.78, 5) is 0. The van der Waals surface area contributed by atoms with E-state index < -0.39 is 0 Å². The lowest BCUT2D eigenvalue weighted by atomic mass is 9.97. The Hall–Kier alpha value is 0.250. The smallest absolute Gasteiger partial charge is 0.0738 e. The van der Waals surface area contributed by atoms with Crippen molar-refractivity contribution in [2.24, 2.45) is 0 Å². The van der Waals surface area contributed by atoms with E-state index in [1.165, 1.54) is 12.8 Å². The van der Waals surface area contributed by atoms with E-state index in [9.17, 15) is 0 Å². The van der Waals surface area contributed by atoms with Crippen LogP contribution in [0.1, 0.15) is 39.0 Å². The molecule has 0 aromatic carbocycles. The first-order valence-electron chi connectivity index (χ1n) is 4.60. The topological polar surface area (TPSA) is 9.23 Å². The van der Waals surface area contributed by atoms with Crippen molar-refractivity contribution in [3.8, 4) is 0 Å². The van der Waals surface area contributed by atoms with Gasteiger partial charge >= 0.3 is 0 Å². The molecule has 0 spiro atoms. The molecule has 0 aromatic rings. The molecule has 0 heterocycles. The molecule has 0 aromatic heterocycles. The zero-order valence-corrected chi connectivity index (χ0v) is 7.94. The van der Waals surface area contributed by atoms with Gasteiger partial charge in [-0.15, -0.1) is 11.6 Å². The van der Waals surface area contributed by atoms with Crippen LogP contribution >= 0.6 is 11.6 Å². The van der Waals surface area contributed by atoms with Crippen LogP contribution in [0.4, 0.5) is 0 Å². The van der Waals surface area contributed by atoms with Gasteiger partial charge in [-0.25, -0.2) is 0 Å². The molecule has 0 aliphatic heterocycles. The summed E-state index contributed by atoms with van der Waals surface area (Å²) >= 11 is 6.09. The zero-order valence-electron chi connectivity index (χ0n) is 7.18. The number of halogens is 1. The molecular formula is C9H17ClO. The quantitative estimate of drug-likeness (QED) is 0.601. The van der Waals surface area contributed by atoms with E-state index in [0.29, 0.717) is 6.10 Å². The lowest BCUT2D eigenvalue weighted by Gasteiger charge is -2.26. The molecular weight excluding hydrogens is 160 g/mol. The van der Waals surface area contributed by atoms with E-state index in [0.717, 1.165) is 25.9 Å². The Balaban J connectivity index is 2.18. The van der Waals surface area contributed by atoms with Crippen molar-refractivity contribution in [1.29, 1.82) is 0 Å². The van der Waals surface area contributed by atoms with Crippen LogP contribution < -0.4 is 0 Å². The standard InChI is InChI=1S/C9H17ClO/c1-2-7-11-9-6-4-3-5-8(9)10/h8-9H,2-7H2,1H3/t8-,9-/m0/s1. The monoisotopic (exact) mass is 176 g/mol. The van der Waals surface area contributed by atoms with Gasteiger partial charge in [-0.05, 0) is 19.3 Å². The number of hydrogen-bond donors (Lipinski definition) is 0. The molecule has 1 nitrogen and oxygen atoms in total. The molecule has 0 unspecified atom stereocenters. The van der Waals surface area contributed by atoms with Gasteiger partial charge in [0.1, 0.15) is 0 Å². The van der Waals surface area contributed by atoms with Crippen LogP contribution in [-0.4, -0.2) is 18.1 Å². The summed E-state index contributed by atoms with van der Waals surface area (Å²) in [5.41, 5.74) is 0. The first kappa shape index (κ1) is 9.34. The molecule has 11 heavy (non-hydrogen) atoms. The van der Waals surface area contributed by atoms with Crippen molar-refractivity contribution < 1.29 is 4.74 Å². The Morgan fingerprint density at radius 3 is 2.73 bits per heavy atom. The van der Waals surface area contributed by atoms with E-state index in [4.69, 9.17) is 16.3 Å². The second-order valence-corrected chi connectivity index (χ2v) is 3.77. The fourth-order valence-electron chi connectivity index (χ4n) is 1.51. The lowest BCUT2D eigenvalue weighted by molar-refractivity contribution is 0.0319. The highest BCUT2D eigenvalue weighted by atomic mass is 35.5. The van der Waals surface area contributed by atoms with Crippen molar-refractivity contribution in [2.45, 2.75) is 50.5 Å². The van der Waals surface area contributed by atoms with Gasteiger partial charge in [0.05, 0.1) is 11.5 Å². The van der Waals surface area contributed by atoms with Gasteiger partial charge in [-0.1, -0.05) is 19.8 Å². The van der Waals surface area contributed by atoms with Crippen LogP contribution in [0.25, 0.3) is 0 Å². The predicted octanol–water partition coefficient (Wildman–Crippen LogP) is 2.96. The molecule has 2 atom stereocenters. The van der Waals surface area contributed by atoms with Crippen LogP contribution in [-0.2, 0) is 4.74 Å². The summed E-state index contributed by atoms with van der Waals surface area (Å²) in [5, 5.41) is 0.273. The first-order chi connectivity index (χ1) is 5.34. The van der Waals surface area contributed by atoms with Gasteiger partial charge in [0, 0.05) is 6.61 Å². The third-order valence-electron chi connectivity index (χ3n) is 2.16. The molecule has 0 saturated heterocycles. The van der Waals surface area contributed by atoms with Gasteiger partial charge < -0.3 is 4.74 Å². The fraction of sp³-hybridized carbons (Fsp3) is 1.00. The lowest BCUT2D eigenvalue weighted by Crippen LogP contribution is -2.28. The van der Waals surface area contributed by atoms with E-state index in [-0.39, 0.29) is 5.38 Å². The zero-order chi connectivity index (χ0) is 8.10. The van der Waals surface area contributed by atoms with Crippen molar-refractivity contribution in [2.75, 3.05) is 6.61 Å². The van der Waals surface area contributed by atoms with Gasteiger partial charge in [-0.2, -0.15) is 0 Å².